The third-order valence-electron chi connectivity index (χ3n) is 4.32. The Kier molecular flexibility index (Phi) is 6.33. The number of ketones is 1. The van der Waals surface area contributed by atoms with Gasteiger partial charge >= 0.3 is 0 Å². The predicted octanol–water partition coefficient (Wildman–Crippen LogP) is 4.03. The van der Waals surface area contributed by atoms with Crippen molar-refractivity contribution < 1.29 is 28.5 Å². The Morgan fingerprint density at radius 2 is 1.48 bits per heavy atom. The standard InChI is InChI=1S/C20H21ClO6/c1-10-7-14(24-3)19(26-5)20(27-6)15(10)17(23)16-11(2)13(21)8-12(9-22)18(16)25-4/h7-9H,1-6H3. The van der Waals surface area contributed by atoms with E-state index in [0.717, 1.165) is 0 Å². The van der Waals surface area contributed by atoms with Crippen molar-refractivity contribution in [3.05, 3.63) is 45.0 Å². The molecule has 2 aromatic rings. The maximum absolute atomic E-state index is 13.5. The van der Waals surface area contributed by atoms with Crippen molar-refractivity contribution in [2.75, 3.05) is 28.4 Å². The molecule has 0 aromatic heterocycles. The van der Waals surface area contributed by atoms with Gasteiger partial charge in [-0.2, -0.15) is 0 Å². The monoisotopic (exact) mass is 392 g/mol. The highest BCUT2D eigenvalue weighted by molar-refractivity contribution is 6.33. The lowest BCUT2D eigenvalue weighted by molar-refractivity contribution is 0.103. The molecule has 7 heteroatoms. The fourth-order valence-electron chi connectivity index (χ4n) is 3.01. The topological polar surface area (TPSA) is 71.1 Å². The Balaban J connectivity index is 2.88. The molecule has 0 saturated carbocycles. The molecule has 0 atom stereocenters. The molecule has 0 aliphatic heterocycles. The van der Waals surface area contributed by atoms with Crippen molar-refractivity contribution in [3.63, 3.8) is 0 Å². The van der Waals surface area contributed by atoms with E-state index in [-0.39, 0.29) is 28.2 Å². The Morgan fingerprint density at radius 3 is 1.96 bits per heavy atom. The third kappa shape index (κ3) is 3.45. The average molecular weight is 393 g/mol. The van der Waals surface area contributed by atoms with Crippen LogP contribution in [0.25, 0.3) is 0 Å². The Bertz CT molecular complexity index is 904. The molecule has 0 fully saturated rings. The molecule has 0 saturated heterocycles. The van der Waals surface area contributed by atoms with E-state index in [2.05, 4.69) is 0 Å². The van der Waals surface area contributed by atoms with Gasteiger partial charge in [-0.1, -0.05) is 11.6 Å². The van der Waals surface area contributed by atoms with Crippen molar-refractivity contribution in [1.82, 2.24) is 0 Å². The van der Waals surface area contributed by atoms with E-state index >= 15 is 0 Å². The number of carbonyl (C=O) groups is 2. The van der Waals surface area contributed by atoms with Crippen molar-refractivity contribution in [3.8, 4) is 23.0 Å². The van der Waals surface area contributed by atoms with Crippen LogP contribution in [0.5, 0.6) is 23.0 Å². The summed E-state index contributed by atoms with van der Waals surface area (Å²) >= 11 is 6.24. The SMILES string of the molecule is COc1cc(C)c(C(=O)c2c(C)c(Cl)cc(C=O)c2OC)c(OC)c1OC. The Labute approximate surface area is 162 Å². The summed E-state index contributed by atoms with van der Waals surface area (Å²) in [6.07, 6.45) is 0.597. The van der Waals surface area contributed by atoms with Gasteiger partial charge in [0.2, 0.25) is 11.5 Å². The lowest BCUT2D eigenvalue weighted by atomic mass is 9.92. The van der Waals surface area contributed by atoms with Crippen LogP contribution in [0.3, 0.4) is 0 Å². The van der Waals surface area contributed by atoms with Gasteiger partial charge < -0.3 is 18.9 Å². The fourth-order valence-corrected chi connectivity index (χ4v) is 3.22. The molecule has 0 aliphatic rings. The minimum absolute atomic E-state index is 0.160. The zero-order valence-corrected chi connectivity index (χ0v) is 16.8. The van der Waals surface area contributed by atoms with Crippen LogP contribution in [0.15, 0.2) is 12.1 Å². The first kappa shape index (κ1) is 20.6. The zero-order valence-electron chi connectivity index (χ0n) is 16.1. The minimum Gasteiger partial charge on any atom is -0.495 e. The van der Waals surface area contributed by atoms with Gasteiger partial charge in [-0.05, 0) is 37.1 Å². The molecule has 0 aliphatic carbocycles. The molecule has 2 aromatic carbocycles. The van der Waals surface area contributed by atoms with Crippen LogP contribution in [-0.4, -0.2) is 40.5 Å². The molecular weight excluding hydrogens is 372 g/mol. The smallest absolute Gasteiger partial charge is 0.204 e. The van der Waals surface area contributed by atoms with Crippen molar-refractivity contribution in [2.24, 2.45) is 0 Å². The summed E-state index contributed by atoms with van der Waals surface area (Å²) in [5.41, 5.74) is 1.77. The maximum Gasteiger partial charge on any atom is 0.204 e. The largest absolute Gasteiger partial charge is 0.495 e. The molecular formula is C20H21ClO6. The van der Waals surface area contributed by atoms with Crippen LogP contribution in [0.4, 0.5) is 0 Å². The van der Waals surface area contributed by atoms with Gasteiger partial charge in [-0.15, -0.1) is 0 Å². The highest BCUT2D eigenvalue weighted by Gasteiger charge is 2.29. The van der Waals surface area contributed by atoms with Crippen LogP contribution < -0.4 is 18.9 Å². The van der Waals surface area contributed by atoms with Gasteiger partial charge in [0, 0.05) is 5.02 Å². The van der Waals surface area contributed by atoms with Gasteiger partial charge in [0.25, 0.3) is 0 Å². The number of aryl methyl sites for hydroxylation is 1. The van der Waals surface area contributed by atoms with Crippen LogP contribution >= 0.6 is 11.6 Å². The molecule has 2 rings (SSSR count). The van der Waals surface area contributed by atoms with Crippen molar-refractivity contribution in [2.45, 2.75) is 13.8 Å². The lowest BCUT2D eigenvalue weighted by Crippen LogP contribution is -2.13. The second-order valence-corrected chi connectivity index (χ2v) is 6.17. The molecule has 0 N–H and O–H groups in total. The molecule has 27 heavy (non-hydrogen) atoms. The number of hydrogen-bond donors (Lipinski definition) is 0. The van der Waals surface area contributed by atoms with Gasteiger partial charge in [0.05, 0.1) is 45.1 Å². The third-order valence-corrected chi connectivity index (χ3v) is 4.71. The van der Waals surface area contributed by atoms with E-state index in [1.54, 1.807) is 19.9 Å². The number of methoxy groups -OCH3 is 4. The summed E-state index contributed by atoms with van der Waals surface area (Å²) in [6, 6.07) is 3.15. The number of halogens is 1. The van der Waals surface area contributed by atoms with Gasteiger partial charge in [0.1, 0.15) is 5.75 Å². The van der Waals surface area contributed by atoms with Crippen LogP contribution in [-0.2, 0) is 0 Å². The lowest BCUT2D eigenvalue weighted by Gasteiger charge is -2.20. The first-order chi connectivity index (χ1) is 12.9. The van der Waals surface area contributed by atoms with E-state index in [1.807, 2.05) is 0 Å². The van der Waals surface area contributed by atoms with Crippen LogP contribution in [0.2, 0.25) is 5.02 Å². The van der Waals surface area contributed by atoms with Gasteiger partial charge in [-0.25, -0.2) is 0 Å². The normalized spacial score (nSPS) is 10.3. The first-order valence-corrected chi connectivity index (χ1v) is 8.40. The summed E-state index contributed by atoms with van der Waals surface area (Å²) in [5, 5.41) is 0.290. The average Bonchev–Trinajstić information content (AvgIpc) is 2.67. The molecule has 0 bridgehead atoms. The van der Waals surface area contributed by atoms with Crippen LogP contribution in [0, 0.1) is 13.8 Å². The van der Waals surface area contributed by atoms with E-state index < -0.39 is 5.78 Å². The van der Waals surface area contributed by atoms with E-state index in [9.17, 15) is 9.59 Å². The maximum atomic E-state index is 13.5. The molecule has 144 valence electrons. The number of rotatable bonds is 7. The summed E-state index contributed by atoms with van der Waals surface area (Å²) in [4.78, 5) is 24.9. The summed E-state index contributed by atoms with van der Waals surface area (Å²) in [6.45, 7) is 3.44. The first-order valence-electron chi connectivity index (χ1n) is 8.02. The summed E-state index contributed by atoms with van der Waals surface area (Å²) in [7, 11) is 5.79. The quantitative estimate of drug-likeness (QED) is 0.523. The van der Waals surface area contributed by atoms with Crippen molar-refractivity contribution in [1.29, 1.82) is 0 Å². The highest BCUT2D eigenvalue weighted by Crippen LogP contribution is 2.44. The predicted molar refractivity (Wildman–Crippen MR) is 102 cm³/mol. The molecule has 0 amide bonds. The van der Waals surface area contributed by atoms with Gasteiger partial charge in [0.15, 0.2) is 17.8 Å². The molecule has 0 spiro atoms. The minimum atomic E-state index is -0.398. The summed E-state index contributed by atoms with van der Waals surface area (Å²) in [5.74, 6) is 0.724. The van der Waals surface area contributed by atoms with E-state index in [4.69, 9.17) is 30.5 Å². The molecule has 0 unspecified atom stereocenters. The Hall–Kier alpha value is -2.73. The zero-order chi connectivity index (χ0) is 20.3. The van der Waals surface area contributed by atoms with E-state index in [0.29, 0.717) is 33.9 Å². The van der Waals surface area contributed by atoms with Gasteiger partial charge in [-0.3, -0.25) is 9.59 Å². The second kappa shape index (κ2) is 8.31. The number of carbonyl (C=O) groups excluding carboxylic acids is 2. The molecule has 0 heterocycles. The van der Waals surface area contributed by atoms with Crippen molar-refractivity contribution >= 4 is 23.7 Å². The van der Waals surface area contributed by atoms with E-state index in [1.165, 1.54) is 34.5 Å². The van der Waals surface area contributed by atoms with Crippen LogP contribution in [0.1, 0.15) is 37.4 Å². The highest BCUT2D eigenvalue weighted by atomic mass is 35.5. The number of benzene rings is 2. The summed E-state index contributed by atoms with van der Waals surface area (Å²) < 4.78 is 21.5. The Morgan fingerprint density at radius 1 is 0.889 bits per heavy atom. The fraction of sp³-hybridized carbons (Fsp3) is 0.300. The second-order valence-electron chi connectivity index (χ2n) is 5.77. The number of aldehydes is 1. The molecule has 0 radical (unpaired) electrons. The number of hydrogen-bond acceptors (Lipinski definition) is 6. The number of ether oxygens (including phenoxy) is 4. The molecule has 6 nitrogen and oxygen atoms in total.